The van der Waals surface area contributed by atoms with E-state index in [4.69, 9.17) is 11.2 Å². The summed E-state index contributed by atoms with van der Waals surface area (Å²) in [4.78, 5) is 11.3. The lowest BCUT2D eigenvalue weighted by molar-refractivity contribution is -0.120. The summed E-state index contributed by atoms with van der Waals surface area (Å²) < 4.78 is 18.1. The Morgan fingerprint density at radius 1 is 1.59 bits per heavy atom. The predicted octanol–water partition coefficient (Wildman–Crippen LogP) is 1.52. The highest BCUT2D eigenvalue weighted by atomic mass is 19.1. The van der Waals surface area contributed by atoms with E-state index in [0.717, 1.165) is 5.56 Å². The largest absolute Gasteiger partial charge is 0.494 e. The second-order valence-corrected chi connectivity index (χ2v) is 3.45. The Labute approximate surface area is 100.0 Å². The van der Waals surface area contributed by atoms with Gasteiger partial charge in [0.25, 0.3) is 0 Å². The molecule has 1 aromatic carbocycles. The smallest absolute Gasteiger partial charge is 0.221 e. The van der Waals surface area contributed by atoms with Gasteiger partial charge in [-0.2, -0.15) is 0 Å². The fourth-order valence-electron chi connectivity index (χ4n) is 1.36. The standard InChI is InChI=1S/C13H14FNO2/c1-3-8-15-13(16)7-5-10-4-6-12(17-2)11(14)9-10/h1,4,6,9H,5,7-8H2,2H3,(H,15,16). The zero-order chi connectivity index (χ0) is 12.7. The first kappa shape index (κ1) is 13.0. The molecule has 0 atom stereocenters. The first-order chi connectivity index (χ1) is 8.17. The molecule has 0 bridgehead atoms. The number of hydrogen-bond acceptors (Lipinski definition) is 2. The minimum absolute atomic E-state index is 0.140. The Hall–Kier alpha value is -2.02. The molecular weight excluding hydrogens is 221 g/mol. The van der Waals surface area contributed by atoms with Crippen molar-refractivity contribution in [2.24, 2.45) is 0 Å². The summed E-state index contributed by atoms with van der Waals surface area (Å²) in [6.45, 7) is 0.218. The maximum absolute atomic E-state index is 13.3. The average molecular weight is 235 g/mol. The summed E-state index contributed by atoms with van der Waals surface area (Å²) in [6, 6.07) is 4.65. The van der Waals surface area contributed by atoms with E-state index >= 15 is 0 Å². The van der Waals surface area contributed by atoms with Gasteiger partial charge in [-0.05, 0) is 24.1 Å². The second-order valence-electron chi connectivity index (χ2n) is 3.45. The van der Waals surface area contributed by atoms with Gasteiger partial charge < -0.3 is 10.1 Å². The van der Waals surface area contributed by atoms with Gasteiger partial charge in [0.1, 0.15) is 0 Å². The number of carbonyl (C=O) groups excluding carboxylic acids is 1. The normalized spacial score (nSPS) is 9.47. The van der Waals surface area contributed by atoms with Crippen LogP contribution in [0.2, 0.25) is 0 Å². The van der Waals surface area contributed by atoms with Gasteiger partial charge in [-0.1, -0.05) is 12.0 Å². The molecule has 0 saturated heterocycles. The molecule has 4 heteroatoms. The third-order valence-electron chi connectivity index (χ3n) is 2.24. The zero-order valence-corrected chi connectivity index (χ0v) is 9.63. The van der Waals surface area contributed by atoms with Crippen molar-refractivity contribution < 1.29 is 13.9 Å². The van der Waals surface area contributed by atoms with Gasteiger partial charge in [-0.3, -0.25) is 4.79 Å². The predicted molar refractivity (Wildman–Crippen MR) is 63.1 cm³/mol. The van der Waals surface area contributed by atoms with Gasteiger partial charge in [-0.15, -0.1) is 6.42 Å². The van der Waals surface area contributed by atoms with Crippen LogP contribution in [-0.4, -0.2) is 19.6 Å². The van der Waals surface area contributed by atoms with Crippen molar-refractivity contribution in [2.45, 2.75) is 12.8 Å². The molecule has 1 N–H and O–H groups in total. The van der Waals surface area contributed by atoms with Gasteiger partial charge in [-0.25, -0.2) is 4.39 Å². The second kappa shape index (κ2) is 6.54. The summed E-state index contributed by atoms with van der Waals surface area (Å²) >= 11 is 0. The molecule has 0 radical (unpaired) electrons. The molecule has 90 valence electrons. The van der Waals surface area contributed by atoms with Crippen LogP contribution in [0.4, 0.5) is 4.39 Å². The lowest BCUT2D eigenvalue weighted by Gasteiger charge is -2.05. The van der Waals surface area contributed by atoms with E-state index in [2.05, 4.69) is 11.2 Å². The number of carbonyl (C=O) groups is 1. The van der Waals surface area contributed by atoms with Crippen LogP contribution in [0, 0.1) is 18.2 Å². The molecule has 0 aliphatic rings. The number of nitrogens with one attached hydrogen (secondary N) is 1. The molecule has 1 amide bonds. The van der Waals surface area contributed by atoms with Gasteiger partial charge in [0.15, 0.2) is 11.6 Å². The van der Waals surface area contributed by atoms with Crippen molar-refractivity contribution in [2.75, 3.05) is 13.7 Å². The van der Waals surface area contributed by atoms with Gasteiger partial charge in [0.2, 0.25) is 5.91 Å². The van der Waals surface area contributed by atoms with E-state index in [1.165, 1.54) is 13.2 Å². The summed E-state index contributed by atoms with van der Waals surface area (Å²) in [5, 5.41) is 2.55. The van der Waals surface area contributed by atoms with E-state index in [1.54, 1.807) is 12.1 Å². The molecule has 0 spiro atoms. The summed E-state index contributed by atoms with van der Waals surface area (Å²) in [7, 11) is 1.41. The van der Waals surface area contributed by atoms with Crippen molar-refractivity contribution in [1.29, 1.82) is 0 Å². The average Bonchev–Trinajstić information content (AvgIpc) is 2.34. The zero-order valence-electron chi connectivity index (χ0n) is 9.63. The molecule has 0 unspecified atom stereocenters. The van der Waals surface area contributed by atoms with Gasteiger partial charge >= 0.3 is 0 Å². The number of amides is 1. The minimum Gasteiger partial charge on any atom is -0.494 e. The third-order valence-corrected chi connectivity index (χ3v) is 2.24. The van der Waals surface area contributed by atoms with Crippen molar-refractivity contribution in [1.82, 2.24) is 5.32 Å². The monoisotopic (exact) mass is 235 g/mol. The Morgan fingerprint density at radius 2 is 2.35 bits per heavy atom. The lowest BCUT2D eigenvalue weighted by atomic mass is 10.1. The molecular formula is C13H14FNO2. The highest BCUT2D eigenvalue weighted by Crippen LogP contribution is 2.18. The SMILES string of the molecule is C#CCNC(=O)CCc1ccc(OC)c(F)c1. The van der Waals surface area contributed by atoms with Crippen LogP contribution in [0.3, 0.4) is 0 Å². The molecule has 1 rings (SSSR count). The highest BCUT2D eigenvalue weighted by molar-refractivity contribution is 5.76. The van der Waals surface area contributed by atoms with E-state index < -0.39 is 5.82 Å². The lowest BCUT2D eigenvalue weighted by Crippen LogP contribution is -2.23. The third kappa shape index (κ3) is 4.15. The van der Waals surface area contributed by atoms with E-state index in [9.17, 15) is 9.18 Å². The van der Waals surface area contributed by atoms with Crippen molar-refractivity contribution >= 4 is 5.91 Å². The molecule has 0 aliphatic carbocycles. The van der Waals surface area contributed by atoms with Crippen LogP contribution in [0.1, 0.15) is 12.0 Å². The molecule has 3 nitrogen and oxygen atoms in total. The van der Waals surface area contributed by atoms with Gasteiger partial charge in [0.05, 0.1) is 13.7 Å². The fraction of sp³-hybridized carbons (Fsp3) is 0.308. The van der Waals surface area contributed by atoms with Crippen LogP contribution in [0.15, 0.2) is 18.2 Å². The molecule has 0 fully saturated rings. The van der Waals surface area contributed by atoms with Crippen LogP contribution in [-0.2, 0) is 11.2 Å². The van der Waals surface area contributed by atoms with Crippen molar-refractivity contribution in [3.05, 3.63) is 29.6 Å². The Morgan fingerprint density at radius 3 is 2.94 bits per heavy atom. The van der Waals surface area contributed by atoms with Crippen LogP contribution in [0.25, 0.3) is 0 Å². The molecule has 0 aromatic heterocycles. The first-order valence-electron chi connectivity index (χ1n) is 5.20. The quantitative estimate of drug-likeness (QED) is 0.786. The summed E-state index contributed by atoms with van der Waals surface area (Å²) in [6.07, 6.45) is 5.76. The topological polar surface area (TPSA) is 38.3 Å². The number of rotatable bonds is 5. The number of halogens is 1. The van der Waals surface area contributed by atoms with Crippen LogP contribution < -0.4 is 10.1 Å². The molecule has 0 aliphatic heterocycles. The van der Waals surface area contributed by atoms with Gasteiger partial charge in [0, 0.05) is 6.42 Å². The number of methoxy groups -OCH3 is 1. The number of ether oxygens (including phenoxy) is 1. The number of hydrogen-bond donors (Lipinski definition) is 1. The maximum Gasteiger partial charge on any atom is 0.221 e. The number of benzene rings is 1. The Kier molecular flexibility index (Phi) is 5.02. The molecule has 1 aromatic rings. The first-order valence-corrected chi connectivity index (χ1v) is 5.20. The van der Waals surface area contributed by atoms with Crippen molar-refractivity contribution in [3.63, 3.8) is 0 Å². The molecule has 17 heavy (non-hydrogen) atoms. The Balaban J connectivity index is 2.50. The molecule has 0 saturated carbocycles. The summed E-state index contributed by atoms with van der Waals surface area (Å²) in [5.74, 6) is 1.95. The fourth-order valence-corrected chi connectivity index (χ4v) is 1.36. The minimum atomic E-state index is -0.422. The highest BCUT2D eigenvalue weighted by Gasteiger charge is 2.05. The van der Waals surface area contributed by atoms with Crippen LogP contribution >= 0.6 is 0 Å². The van der Waals surface area contributed by atoms with E-state index in [0.29, 0.717) is 6.42 Å². The maximum atomic E-state index is 13.3. The molecule has 0 heterocycles. The number of aryl methyl sites for hydroxylation is 1. The van der Waals surface area contributed by atoms with E-state index in [-0.39, 0.29) is 24.6 Å². The van der Waals surface area contributed by atoms with E-state index in [1.807, 2.05) is 0 Å². The van der Waals surface area contributed by atoms with Crippen molar-refractivity contribution in [3.8, 4) is 18.1 Å². The summed E-state index contributed by atoms with van der Waals surface area (Å²) in [5.41, 5.74) is 0.749. The number of terminal acetylenes is 1. The Bertz CT molecular complexity index is 438. The van der Waals surface area contributed by atoms with Crippen LogP contribution in [0.5, 0.6) is 5.75 Å².